The van der Waals surface area contributed by atoms with Gasteiger partial charge < -0.3 is 20.5 Å². The van der Waals surface area contributed by atoms with Crippen molar-refractivity contribution in [2.75, 3.05) is 37.4 Å². The smallest absolute Gasteiger partial charge is 0.159 e. The Balaban J connectivity index is 0.00000289. The summed E-state index contributed by atoms with van der Waals surface area (Å²) in [6.07, 6.45) is 2.27. The van der Waals surface area contributed by atoms with Crippen molar-refractivity contribution in [3.05, 3.63) is 52.2 Å². The van der Waals surface area contributed by atoms with Crippen LogP contribution in [0, 0.1) is 17.2 Å². The first-order chi connectivity index (χ1) is 15.0. The van der Waals surface area contributed by atoms with Gasteiger partial charge in [-0.15, -0.1) is 17.5 Å². The zero-order valence-electron chi connectivity index (χ0n) is 17.7. The lowest BCUT2D eigenvalue weighted by atomic mass is 9.96. The minimum atomic E-state index is 0. The van der Waals surface area contributed by atoms with Crippen LogP contribution in [0.4, 0.5) is 11.5 Å². The molecule has 7 nitrogen and oxygen atoms in total. The van der Waals surface area contributed by atoms with Crippen LogP contribution >= 0.6 is 24.0 Å². The lowest BCUT2D eigenvalue weighted by molar-refractivity contribution is 0.203. The standard InChI is InChI=1S/C23H24ClN5O2.ClH/c1-31-20-5-2-15(10-18(20)24)11-19-21-17(4-3-16(12-25)22(21)26)23(28-27-19)29-8-6-14(13-30)7-9-29;/h2-5,10,14,30H,6-9,11,13,26H2,1H3;1H. The molecule has 0 bridgehead atoms. The third-order valence-corrected chi connectivity index (χ3v) is 6.22. The molecule has 3 N–H and O–H groups in total. The van der Waals surface area contributed by atoms with Gasteiger partial charge in [0.1, 0.15) is 11.8 Å². The minimum Gasteiger partial charge on any atom is -0.495 e. The molecule has 4 rings (SSSR count). The highest BCUT2D eigenvalue weighted by Crippen LogP contribution is 2.35. The number of piperidine rings is 1. The predicted molar refractivity (Wildman–Crippen MR) is 129 cm³/mol. The first-order valence-electron chi connectivity index (χ1n) is 10.2. The van der Waals surface area contributed by atoms with Crippen LogP contribution < -0.4 is 15.4 Å². The van der Waals surface area contributed by atoms with Gasteiger partial charge in [-0.25, -0.2) is 0 Å². The summed E-state index contributed by atoms with van der Waals surface area (Å²) < 4.78 is 5.23. The quantitative estimate of drug-likeness (QED) is 0.539. The number of nitrogens with zero attached hydrogens (tertiary/aromatic N) is 4. The van der Waals surface area contributed by atoms with E-state index in [1.165, 1.54) is 0 Å². The van der Waals surface area contributed by atoms with Gasteiger partial charge in [0.05, 0.1) is 29.1 Å². The Hall–Kier alpha value is -2.79. The summed E-state index contributed by atoms with van der Waals surface area (Å²) in [5, 5.41) is 30.1. The number of benzene rings is 2. The van der Waals surface area contributed by atoms with E-state index in [4.69, 9.17) is 22.1 Å². The van der Waals surface area contributed by atoms with E-state index in [2.05, 4.69) is 21.2 Å². The number of rotatable bonds is 5. The van der Waals surface area contributed by atoms with E-state index < -0.39 is 0 Å². The van der Waals surface area contributed by atoms with Crippen molar-refractivity contribution in [2.45, 2.75) is 19.3 Å². The highest BCUT2D eigenvalue weighted by Gasteiger charge is 2.23. The summed E-state index contributed by atoms with van der Waals surface area (Å²) in [6, 6.07) is 11.4. The normalized spacial score (nSPS) is 14.1. The average Bonchev–Trinajstić information content (AvgIpc) is 2.79. The molecule has 0 unspecified atom stereocenters. The van der Waals surface area contributed by atoms with Crippen molar-refractivity contribution in [2.24, 2.45) is 5.92 Å². The molecule has 2 heterocycles. The van der Waals surface area contributed by atoms with Gasteiger partial charge in [-0.05, 0) is 48.6 Å². The molecule has 0 saturated carbocycles. The molecule has 0 amide bonds. The van der Waals surface area contributed by atoms with Crippen LogP contribution in [0.3, 0.4) is 0 Å². The number of nitriles is 1. The molecule has 32 heavy (non-hydrogen) atoms. The molecule has 1 aliphatic heterocycles. The second kappa shape index (κ2) is 10.2. The predicted octanol–water partition coefficient (Wildman–Crippen LogP) is 3.97. The summed E-state index contributed by atoms with van der Waals surface area (Å²) in [7, 11) is 1.58. The van der Waals surface area contributed by atoms with E-state index in [1.54, 1.807) is 13.2 Å². The van der Waals surface area contributed by atoms with Crippen LogP contribution in [-0.2, 0) is 6.42 Å². The van der Waals surface area contributed by atoms with E-state index in [0.29, 0.717) is 40.1 Å². The molecular formula is C23H25Cl2N5O2. The summed E-state index contributed by atoms with van der Waals surface area (Å²) in [5.41, 5.74) is 8.88. The first-order valence-corrected chi connectivity index (χ1v) is 10.6. The molecule has 3 aromatic rings. The summed E-state index contributed by atoms with van der Waals surface area (Å²) in [4.78, 5) is 2.18. The third kappa shape index (κ3) is 4.53. The fourth-order valence-electron chi connectivity index (χ4n) is 4.12. The first kappa shape index (κ1) is 23.9. The molecule has 1 aromatic heterocycles. The zero-order valence-corrected chi connectivity index (χ0v) is 19.3. The van der Waals surface area contributed by atoms with Gasteiger partial charge in [-0.1, -0.05) is 17.7 Å². The maximum Gasteiger partial charge on any atom is 0.159 e. The Morgan fingerprint density at radius 2 is 2.00 bits per heavy atom. The van der Waals surface area contributed by atoms with E-state index in [1.807, 2.05) is 24.3 Å². The lowest BCUT2D eigenvalue weighted by Crippen LogP contribution is -2.35. The van der Waals surface area contributed by atoms with Crippen LogP contribution in [0.5, 0.6) is 5.75 Å². The average molecular weight is 474 g/mol. The number of halogens is 2. The number of aromatic nitrogens is 2. The molecule has 0 aliphatic carbocycles. The summed E-state index contributed by atoms with van der Waals surface area (Å²) in [6.45, 7) is 1.80. The van der Waals surface area contributed by atoms with Crippen molar-refractivity contribution in [1.29, 1.82) is 5.26 Å². The largest absolute Gasteiger partial charge is 0.495 e. The number of ether oxygens (including phenoxy) is 1. The number of hydrogen-bond acceptors (Lipinski definition) is 7. The zero-order chi connectivity index (χ0) is 22.0. The molecule has 2 aromatic carbocycles. The van der Waals surface area contributed by atoms with Crippen LogP contribution in [0.25, 0.3) is 10.8 Å². The lowest BCUT2D eigenvalue weighted by Gasteiger charge is -2.32. The van der Waals surface area contributed by atoms with Gasteiger partial charge in [0, 0.05) is 36.9 Å². The molecule has 1 fully saturated rings. The second-order valence-electron chi connectivity index (χ2n) is 7.79. The molecular weight excluding hydrogens is 449 g/mol. The molecule has 168 valence electrons. The van der Waals surface area contributed by atoms with Gasteiger partial charge in [0.25, 0.3) is 0 Å². The fourth-order valence-corrected chi connectivity index (χ4v) is 4.40. The number of methoxy groups -OCH3 is 1. The minimum absolute atomic E-state index is 0. The van der Waals surface area contributed by atoms with Gasteiger partial charge in [0.15, 0.2) is 5.82 Å². The Kier molecular flexibility index (Phi) is 7.62. The fraction of sp³-hybridized carbons (Fsp3) is 0.348. The Labute approximate surface area is 198 Å². The molecule has 0 spiro atoms. The number of hydrogen-bond donors (Lipinski definition) is 2. The van der Waals surface area contributed by atoms with Gasteiger partial charge in [0.2, 0.25) is 0 Å². The van der Waals surface area contributed by atoms with E-state index >= 15 is 0 Å². The monoisotopic (exact) mass is 473 g/mol. The van der Waals surface area contributed by atoms with Crippen LogP contribution in [0.2, 0.25) is 5.02 Å². The van der Waals surface area contributed by atoms with Gasteiger partial charge >= 0.3 is 0 Å². The number of aliphatic hydroxyl groups excluding tert-OH is 1. The maximum absolute atomic E-state index is 9.50. The number of fused-ring (bicyclic) bond motifs is 1. The van der Waals surface area contributed by atoms with Crippen molar-refractivity contribution >= 4 is 46.3 Å². The summed E-state index contributed by atoms with van der Waals surface area (Å²) >= 11 is 6.29. The molecule has 9 heteroatoms. The Morgan fingerprint density at radius 1 is 1.25 bits per heavy atom. The van der Waals surface area contributed by atoms with Crippen molar-refractivity contribution in [3.63, 3.8) is 0 Å². The molecule has 0 radical (unpaired) electrons. The number of anilines is 2. The second-order valence-corrected chi connectivity index (χ2v) is 8.20. The van der Waals surface area contributed by atoms with Crippen LogP contribution in [-0.4, -0.2) is 42.1 Å². The van der Waals surface area contributed by atoms with Gasteiger partial charge in [-0.2, -0.15) is 10.4 Å². The van der Waals surface area contributed by atoms with E-state index in [0.717, 1.165) is 48.1 Å². The Morgan fingerprint density at radius 3 is 2.62 bits per heavy atom. The number of nitrogens with two attached hydrogens (primary N) is 1. The van der Waals surface area contributed by atoms with Crippen LogP contribution in [0.15, 0.2) is 30.3 Å². The number of aliphatic hydroxyl groups is 1. The van der Waals surface area contributed by atoms with Gasteiger partial charge in [-0.3, -0.25) is 0 Å². The van der Waals surface area contributed by atoms with E-state index in [9.17, 15) is 10.4 Å². The molecule has 0 atom stereocenters. The van der Waals surface area contributed by atoms with Crippen molar-refractivity contribution < 1.29 is 9.84 Å². The highest BCUT2D eigenvalue weighted by atomic mass is 35.5. The summed E-state index contributed by atoms with van der Waals surface area (Å²) in [5.74, 6) is 1.69. The third-order valence-electron chi connectivity index (χ3n) is 5.92. The maximum atomic E-state index is 9.50. The van der Waals surface area contributed by atoms with E-state index in [-0.39, 0.29) is 19.0 Å². The SMILES string of the molecule is COc1ccc(Cc2nnc(N3CCC(CO)CC3)c3ccc(C#N)c(N)c23)cc1Cl.Cl. The topological polar surface area (TPSA) is 108 Å². The molecule has 1 aliphatic rings. The van der Waals surface area contributed by atoms with Crippen molar-refractivity contribution in [3.8, 4) is 11.8 Å². The Bertz CT molecular complexity index is 1160. The van der Waals surface area contributed by atoms with Crippen LogP contribution in [0.1, 0.15) is 29.7 Å². The number of nitrogen functional groups attached to an aromatic ring is 1. The highest BCUT2D eigenvalue weighted by molar-refractivity contribution is 6.32. The molecule has 1 saturated heterocycles. The van der Waals surface area contributed by atoms with Crippen molar-refractivity contribution in [1.82, 2.24) is 10.2 Å².